The second-order valence-electron chi connectivity index (χ2n) is 5.41. The van der Waals surface area contributed by atoms with Crippen molar-refractivity contribution in [3.63, 3.8) is 0 Å². The van der Waals surface area contributed by atoms with Gasteiger partial charge < -0.3 is 20.1 Å². The van der Waals surface area contributed by atoms with Crippen molar-refractivity contribution >= 4 is 23.1 Å². The van der Waals surface area contributed by atoms with E-state index >= 15 is 0 Å². The van der Waals surface area contributed by atoms with Crippen LogP contribution in [0.3, 0.4) is 0 Å². The number of nitrogens with zero attached hydrogens (tertiary/aromatic N) is 1. The average molecular weight is 353 g/mol. The van der Waals surface area contributed by atoms with E-state index in [0.717, 1.165) is 16.1 Å². The number of benzene rings is 2. The molecule has 0 atom stereocenters. The third kappa shape index (κ3) is 3.56. The third-order valence-electron chi connectivity index (χ3n) is 3.72. The van der Waals surface area contributed by atoms with Crippen molar-refractivity contribution in [2.24, 2.45) is 0 Å². The lowest BCUT2D eigenvalue weighted by atomic mass is 10.1. The summed E-state index contributed by atoms with van der Waals surface area (Å²) in [6.45, 7) is 0.649. The van der Waals surface area contributed by atoms with Gasteiger partial charge in [-0.25, -0.2) is 9.78 Å². The number of hydrogen-bond donors (Lipinski definition) is 2. The number of fused-ring (bicyclic) bond motifs is 1. The summed E-state index contributed by atoms with van der Waals surface area (Å²) >= 11 is 1.60. The molecule has 0 saturated heterocycles. The van der Waals surface area contributed by atoms with Gasteiger partial charge in [-0.05, 0) is 17.7 Å². The maximum Gasteiger partial charge on any atom is 0.319 e. The lowest BCUT2D eigenvalue weighted by Crippen LogP contribution is -2.28. The highest BCUT2D eigenvalue weighted by Gasteiger charge is 2.14. The zero-order valence-corrected chi connectivity index (χ0v) is 14.0. The first-order chi connectivity index (χ1) is 12.3. The standard InChI is InChI=1S/C18H15N3O3S/c22-18(21-14-5-6-15-16(9-14)24-11-23-15)20-10-12-1-3-13(4-2-12)17-19-7-8-25-17/h1-9H,10-11H2,(H2,20,21,22). The fraction of sp³-hybridized carbons (Fsp3) is 0.111. The number of carbonyl (C=O) groups is 1. The van der Waals surface area contributed by atoms with Crippen molar-refractivity contribution in [3.05, 3.63) is 59.6 Å². The molecule has 2 heterocycles. The summed E-state index contributed by atoms with van der Waals surface area (Å²) in [4.78, 5) is 16.3. The lowest BCUT2D eigenvalue weighted by molar-refractivity contribution is 0.174. The Morgan fingerprint density at radius 2 is 1.96 bits per heavy atom. The fourth-order valence-corrected chi connectivity index (χ4v) is 3.11. The molecule has 0 unspecified atom stereocenters. The van der Waals surface area contributed by atoms with Gasteiger partial charge in [0.1, 0.15) is 5.01 Å². The minimum atomic E-state index is -0.275. The molecule has 0 aliphatic carbocycles. The highest BCUT2D eigenvalue weighted by Crippen LogP contribution is 2.34. The molecule has 1 aliphatic rings. The Kier molecular flexibility index (Phi) is 4.22. The van der Waals surface area contributed by atoms with Crippen LogP contribution in [-0.4, -0.2) is 17.8 Å². The Labute approximate surface area is 148 Å². The van der Waals surface area contributed by atoms with E-state index in [9.17, 15) is 4.79 Å². The first-order valence-corrected chi connectivity index (χ1v) is 8.59. The molecular formula is C18H15N3O3S. The number of carbonyl (C=O) groups excluding carboxylic acids is 1. The van der Waals surface area contributed by atoms with Gasteiger partial charge >= 0.3 is 6.03 Å². The first-order valence-electron chi connectivity index (χ1n) is 7.71. The van der Waals surface area contributed by atoms with Gasteiger partial charge in [0, 0.05) is 35.4 Å². The molecule has 126 valence electrons. The quantitative estimate of drug-likeness (QED) is 0.747. The molecule has 0 fully saturated rings. The van der Waals surface area contributed by atoms with Crippen LogP contribution in [0.4, 0.5) is 10.5 Å². The molecule has 1 aromatic heterocycles. The van der Waals surface area contributed by atoms with E-state index in [4.69, 9.17) is 9.47 Å². The van der Waals surface area contributed by atoms with Gasteiger partial charge in [0.2, 0.25) is 6.79 Å². The van der Waals surface area contributed by atoms with Crippen LogP contribution in [0.5, 0.6) is 11.5 Å². The number of ether oxygens (including phenoxy) is 2. The fourth-order valence-electron chi connectivity index (χ4n) is 2.46. The molecule has 2 amide bonds. The Hall–Kier alpha value is -3.06. The summed E-state index contributed by atoms with van der Waals surface area (Å²) in [5, 5.41) is 8.55. The Balaban J connectivity index is 1.32. The van der Waals surface area contributed by atoms with Crippen LogP contribution in [0.1, 0.15) is 5.56 Å². The summed E-state index contributed by atoms with van der Waals surface area (Å²) < 4.78 is 10.5. The number of rotatable bonds is 4. The maximum atomic E-state index is 12.0. The lowest BCUT2D eigenvalue weighted by Gasteiger charge is -2.08. The summed E-state index contributed by atoms with van der Waals surface area (Å²) in [5.41, 5.74) is 2.74. The molecule has 1 aliphatic heterocycles. The van der Waals surface area contributed by atoms with E-state index in [1.54, 1.807) is 35.7 Å². The number of aromatic nitrogens is 1. The van der Waals surface area contributed by atoms with Gasteiger partial charge in [-0.1, -0.05) is 24.3 Å². The number of amides is 2. The van der Waals surface area contributed by atoms with Gasteiger partial charge in [-0.3, -0.25) is 0 Å². The Morgan fingerprint density at radius 3 is 2.76 bits per heavy atom. The summed E-state index contributed by atoms with van der Waals surface area (Å²) in [6.07, 6.45) is 1.79. The number of hydrogen-bond acceptors (Lipinski definition) is 5. The van der Waals surface area contributed by atoms with Gasteiger partial charge in [0.05, 0.1) is 0 Å². The largest absolute Gasteiger partial charge is 0.454 e. The van der Waals surface area contributed by atoms with Crippen LogP contribution in [0.25, 0.3) is 10.6 Å². The predicted octanol–water partition coefficient (Wildman–Crippen LogP) is 3.86. The van der Waals surface area contributed by atoms with Crippen molar-refractivity contribution in [1.29, 1.82) is 0 Å². The monoisotopic (exact) mass is 353 g/mol. The van der Waals surface area contributed by atoms with Crippen LogP contribution < -0.4 is 20.1 Å². The summed E-state index contributed by atoms with van der Waals surface area (Å²) in [6, 6.07) is 13.0. The molecule has 2 N–H and O–H groups in total. The number of thiazole rings is 1. The molecule has 0 spiro atoms. The molecule has 0 bridgehead atoms. The number of urea groups is 1. The van der Waals surface area contributed by atoms with E-state index < -0.39 is 0 Å². The minimum absolute atomic E-state index is 0.210. The van der Waals surface area contributed by atoms with Crippen molar-refractivity contribution in [3.8, 4) is 22.1 Å². The van der Waals surface area contributed by atoms with Crippen LogP contribution in [-0.2, 0) is 6.54 Å². The van der Waals surface area contributed by atoms with E-state index in [1.807, 2.05) is 29.6 Å². The third-order valence-corrected chi connectivity index (χ3v) is 4.54. The second-order valence-corrected chi connectivity index (χ2v) is 6.30. The van der Waals surface area contributed by atoms with Gasteiger partial charge in [0.25, 0.3) is 0 Å². The molecule has 4 rings (SSSR count). The molecule has 3 aromatic rings. The van der Waals surface area contributed by atoms with Crippen LogP contribution in [0.15, 0.2) is 54.0 Å². The summed E-state index contributed by atoms with van der Waals surface area (Å²) in [5.74, 6) is 1.32. The van der Waals surface area contributed by atoms with Crippen LogP contribution in [0, 0.1) is 0 Å². The zero-order valence-electron chi connectivity index (χ0n) is 13.2. The van der Waals surface area contributed by atoms with Crippen molar-refractivity contribution in [1.82, 2.24) is 10.3 Å². The van der Waals surface area contributed by atoms with Gasteiger partial charge in [-0.2, -0.15) is 0 Å². The van der Waals surface area contributed by atoms with E-state index in [2.05, 4.69) is 15.6 Å². The van der Waals surface area contributed by atoms with Gasteiger partial charge in [0.15, 0.2) is 11.5 Å². The van der Waals surface area contributed by atoms with Crippen LogP contribution in [0.2, 0.25) is 0 Å². The molecule has 0 radical (unpaired) electrons. The topological polar surface area (TPSA) is 72.5 Å². The molecule has 0 saturated carbocycles. The average Bonchev–Trinajstić information content (AvgIpc) is 3.32. The van der Waals surface area contributed by atoms with Crippen LogP contribution >= 0.6 is 11.3 Å². The molecule has 7 heteroatoms. The normalized spacial score (nSPS) is 12.0. The number of anilines is 1. The van der Waals surface area contributed by atoms with E-state index in [-0.39, 0.29) is 12.8 Å². The first kappa shape index (κ1) is 15.5. The predicted molar refractivity (Wildman–Crippen MR) is 96.0 cm³/mol. The Bertz CT molecular complexity index is 879. The second kappa shape index (κ2) is 6.82. The molecular weight excluding hydrogens is 338 g/mol. The minimum Gasteiger partial charge on any atom is -0.454 e. The summed E-state index contributed by atoms with van der Waals surface area (Å²) in [7, 11) is 0. The van der Waals surface area contributed by atoms with E-state index in [1.165, 1.54) is 0 Å². The molecule has 25 heavy (non-hydrogen) atoms. The SMILES string of the molecule is O=C(NCc1ccc(-c2nccs2)cc1)Nc1ccc2c(c1)OCO2. The van der Waals surface area contributed by atoms with Crippen molar-refractivity contribution < 1.29 is 14.3 Å². The van der Waals surface area contributed by atoms with Crippen molar-refractivity contribution in [2.45, 2.75) is 6.54 Å². The number of nitrogens with one attached hydrogen (secondary N) is 2. The smallest absolute Gasteiger partial charge is 0.319 e. The highest BCUT2D eigenvalue weighted by molar-refractivity contribution is 7.13. The molecule has 6 nitrogen and oxygen atoms in total. The Morgan fingerprint density at radius 1 is 1.12 bits per heavy atom. The van der Waals surface area contributed by atoms with Crippen molar-refractivity contribution in [2.75, 3.05) is 12.1 Å². The molecule has 2 aromatic carbocycles. The zero-order chi connectivity index (χ0) is 17.1. The maximum absolute atomic E-state index is 12.0. The van der Waals surface area contributed by atoms with E-state index in [0.29, 0.717) is 23.7 Å². The van der Waals surface area contributed by atoms with Gasteiger partial charge in [-0.15, -0.1) is 11.3 Å². The highest BCUT2D eigenvalue weighted by atomic mass is 32.1.